The zero-order valence-corrected chi connectivity index (χ0v) is 12.6. The first-order chi connectivity index (χ1) is 9.74. The Morgan fingerprint density at radius 1 is 1.29 bits per heavy atom. The molecular formula is C15H20ClN3O2. The molecule has 3 rings (SSSR count). The van der Waals surface area contributed by atoms with Crippen LogP contribution < -0.4 is 10.6 Å². The van der Waals surface area contributed by atoms with Crippen LogP contribution in [0.2, 0.25) is 0 Å². The first kappa shape index (κ1) is 15.8. The van der Waals surface area contributed by atoms with E-state index in [0.29, 0.717) is 19.5 Å². The van der Waals surface area contributed by atoms with Gasteiger partial charge in [0.15, 0.2) is 0 Å². The Bertz CT molecular complexity index is 505. The fraction of sp³-hybridized carbons (Fsp3) is 0.467. The third-order valence-electron chi connectivity index (χ3n) is 3.98. The lowest BCUT2D eigenvalue weighted by Crippen LogP contribution is -2.53. The SMILES string of the molecule is Cl.O=C(NC1CCN(Cc2ccccc2)C1=O)C1CNC1. The summed E-state index contributed by atoms with van der Waals surface area (Å²) < 4.78 is 0. The minimum atomic E-state index is -0.341. The third-order valence-corrected chi connectivity index (χ3v) is 3.98. The topological polar surface area (TPSA) is 61.4 Å². The molecule has 2 amide bonds. The highest BCUT2D eigenvalue weighted by Gasteiger charge is 2.35. The van der Waals surface area contributed by atoms with Crippen molar-refractivity contribution in [3.05, 3.63) is 35.9 Å². The Balaban J connectivity index is 0.00000161. The van der Waals surface area contributed by atoms with E-state index < -0.39 is 0 Å². The van der Waals surface area contributed by atoms with Crippen molar-refractivity contribution < 1.29 is 9.59 Å². The van der Waals surface area contributed by atoms with Crippen LogP contribution in [0.15, 0.2) is 30.3 Å². The maximum Gasteiger partial charge on any atom is 0.245 e. The van der Waals surface area contributed by atoms with Crippen LogP contribution in [-0.2, 0) is 16.1 Å². The van der Waals surface area contributed by atoms with Crippen LogP contribution in [0.1, 0.15) is 12.0 Å². The molecule has 2 fully saturated rings. The van der Waals surface area contributed by atoms with Crippen molar-refractivity contribution in [3.63, 3.8) is 0 Å². The Morgan fingerprint density at radius 2 is 2.00 bits per heavy atom. The monoisotopic (exact) mass is 309 g/mol. The number of rotatable bonds is 4. The molecular weight excluding hydrogens is 290 g/mol. The van der Waals surface area contributed by atoms with Gasteiger partial charge in [0.05, 0.1) is 5.92 Å². The van der Waals surface area contributed by atoms with E-state index in [9.17, 15) is 9.59 Å². The van der Waals surface area contributed by atoms with Crippen molar-refractivity contribution in [2.45, 2.75) is 19.0 Å². The lowest BCUT2D eigenvalue weighted by molar-refractivity contribution is -0.134. The maximum atomic E-state index is 12.3. The predicted octanol–water partition coefficient (Wildman–Crippen LogP) is 0.545. The molecule has 21 heavy (non-hydrogen) atoms. The first-order valence-electron chi connectivity index (χ1n) is 7.08. The molecule has 2 aliphatic rings. The lowest BCUT2D eigenvalue weighted by atomic mass is 10.0. The third kappa shape index (κ3) is 3.54. The number of halogens is 1. The van der Waals surface area contributed by atoms with E-state index in [1.54, 1.807) is 0 Å². The van der Waals surface area contributed by atoms with Gasteiger partial charge in [-0.15, -0.1) is 12.4 Å². The highest BCUT2D eigenvalue weighted by molar-refractivity contribution is 5.90. The predicted molar refractivity (Wildman–Crippen MR) is 82.0 cm³/mol. The Kier molecular flexibility index (Phi) is 5.20. The fourth-order valence-electron chi connectivity index (χ4n) is 2.60. The van der Waals surface area contributed by atoms with Gasteiger partial charge in [0.2, 0.25) is 11.8 Å². The van der Waals surface area contributed by atoms with E-state index in [1.165, 1.54) is 0 Å². The van der Waals surface area contributed by atoms with E-state index in [1.807, 2.05) is 35.2 Å². The Labute approximate surface area is 130 Å². The van der Waals surface area contributed by atoms with Gasteiger partial charge in [-0.25, -0.2) is 0 Å². The van der Waals surface area contributed by atoms with Crippen molar-refractivity contribution in [3.8, 4) is 0 Å². The number of carbonyl (C=O) groups is 2. The summed E-state index contributed by atoms with van der Waals surface area (Å²) in [5.74, 6) is 0.0733. The summed E-state index contributed by atoms with van der Waals surface area (Å²) in [6, 6.07) is 9.59. The van der Waals surface area contributed by atoms with E-state index in [0.717, 1.165) is 18.7 Å². The molecule has 1 aromatic carbocycles. The molecule has 2 N–H and O–H groups in total. The van der Waals surface area contributed by atoms with Crippen molar-refractivity contribution in [1.29, 1.82) is 0 Å². The standard InChI is InChI=1S/C15H19N3O2.ClH/c19-14(12-8-16-9-12)17-13-6-7-18(15(13)20)10-11-4-2-1-3-5-11;/h1-5,12-13,16H,6-10H2,(H,17,19);1H. The average Bonchev–Trinajstić information content (AvgIpc) is 2.71. The van der Waals surface area contributed by atoms with Gasteiger partial charge >= 0.3 is 0 Å². The smallest absolute Gasteiger partial charge is 0.245 e. The zero-order valence-electron chi connectivity index (χ0n) is 11.7. The molecule has 5 nitrogen and oxygen atoms in total. The molecule has 0 radical (unpaired) electrons. The Hall–Kier alpha value is -1.59. The fourth-order valence-corrected chi connectivity index (χ4v) is 2.60. The minimum Gasteiger partial charge on any atom is -0.344 e. The van der Waals surface area contributed by atoms with Crippen LogP contribution in [0.5, 0.6) is 0 Å². The van der Waals surface area contributed by atoms with Crippen molar-refractivity contribution in [1.82, 2.24) is 15.5 Å². The molecule has 2 aliphatic heterocycles. The quantitative estimate of drug-likeness (QED) is 0.853. The molecule has 0 aromatic heterocycles. The number of nitrogens with zero attached hydrogens (tertiary/aromatic N) is 1. The molecule has 114 valence electrons. The molecule has 2 heterocycles. The second-order valence-electron chi connectivity index (χ2n) is 5.45. The van der Waals surface area contributed by atoms with Gasteiger partial charge in [0.1, 0.15) is 6.04 Å². The summed E-state index contributed by atoms with van der Waals surface area (Å²) in [6.07, 6.45) is 0.706. The summed E-state index contributed by atoms with van der Waals surface area (Å²) in [6.45, 7) is 2.78. The summed E-state index contributed by atoms with van der Waals surface area (Å²) >= 11 is 0. The van der Waals surface area contributed by atoms with Crippen molar-refractivity contribution in [2.24, 2.45) is 5.92 Å². The normalized spacial score (nSPS) is 21.6. The largest absolute Gasteiger partial charge is 0.344 e. The van der Waals surface area contributed by atoms with Crippen LogP contribution in [0, 0.1) is 5.92 Å². The molecule has 0 bridgehead atoms. The number of hydrogen-bond acceptors (Lipinski definition) is 3. The van der Waals surface area contributed by atoms with Gasteiger partial charge in [0, 0.05) is 26.2 Å². The Morgan fingerprint density at radius 3 is 2.62 bits per heavy atom. The van der Waals surface area contributed by atoms with Gasteiger partial charge in [-0.05, 0) is 12.0 Å². The molecule has 6 heteroatoms. The van der Waals surface area contributed by atoms with Gasteiger partial charge in [-0.3, -0.25) is 9.59 Å². The number of nitrogens with one attached hydrogen (secondary N) is 2. The molecule has 0 spiro atoms. The van der Waals surface area contributed by atoms with E-state index in [4.69, 9.17) is 0 Å². The first-order valence-corrected chi connectivity index (χ1v) is 7.08. The highest BCUT2D eigenvalue weighted by atomic mass is 35.5. The van der Waals surface area contributed by atoms with Crippen molar-refractivity contribution >= 4 is 24.2 Å². The molecule has 1 aromatic rings. The van der Waals surface area contributed by atoms with Crippen LogP contribution in [0.3, 0.4) is 0 Å². The number of benzene rings is 1. The number of amides is 2. The average molecular weight is 310 g/mol. The molecule has 2 saturated heterocycles. The summed E-state index contributed by atoms with van der Waals surface area (Å²) in [4.78, 5) is 26.0. The second kappa shape index (κ2) is 6.91. The lowest BCUT2D eigenvalue weighted by Gasteiger charge is -2.27. The number of hydrogen-bond donors (Lipinski definition) is 2. The minimum absolute atomic E-state index is 0. The van der Waals surface area contributed by atoms with E-state index >= 15 is 0 Å². The second-order valence-corrected chi connectivity index (χ2v) is 5.45. The van der Waals surface area contributed by atoms with Gasteiger partial charge in [0.25, 0.3) is 0 Å². The van der Waals surface area contributed by atoms with Crippen molar-refractivity contribution in [2.75, 3.05) is 19.6 Å². The van der Waals surface area contributed by atoms with Gasteiger partial charge in [-0.1, -0.05) is 30.3 Å². The molecule has 0 aliphatic carbocycles. The van der Waals surface area contributed by atoms with Crippen LogP contribution in [-0.4, -0.2) is 42.4 Å². The molecule has 0 saturated carbocycles. The maximum absolute atomic E-state index is 12.3. The van der Waals surface area contributed by atoms with E-state index in [2.05, 4.69) is 10.6 Å². The zero-order chi connectivity index (χ0) is 13.9. The summed E-state index contributed by atoms with van der Waals surface area (Å²) in [5, 5.41) is 5.94. The molecule has 1 atom stereocenters. The van der Waals surface area contributed by atoms with Gasteiger partial charge < -0.3 is 15.5 Å². The molecule has 1 unspecified atom stereocenters. The number of likely N-dealkylation sites (tertiary alicyclic amines) is 1. The van der Waals surface area contributed by atoms with Crippen LogP contribution in [0.25, 0.3) is 0 Å². The van der Waals surface area contributed by atoms with Gasteiger partial charge in [-0.2, -0.15) is 0 Å². The van der Waals surface area contributed by atoms with E-state index in [-0.39, 0.29) is 36.2 Å². The number of carbonyl (C=O) groups excluding carboxylic acids is 2. The van der Waals surface area contributed by atoms with Crippen LogP contribution >= 0.6 is 12.4 Å². The highest BCUT2D eigenvalue weighted by Crippen LogP contribution is 2.16. The van der Waals surface area contributed by atoms with Crippen LogP contribution in [0.4, 0.5) is 0 Å². The summed E-state index contributed by atoms with van der Waals surface area (Å²) in [7, 11) is 0. The summed E-state index contributed by atoms with van der Waals surface area (Å²) in [5.41, 5.74) is 1.12.